The number of nitrogens with zero attached hydrogens (tertiary/aromatic N) is 3. The minimum Gasteiger partial charge on any atom is -0.444 e. The normalized spacial score (nSPS) is 18.0. The van der Waals surface area contributed by atoms with E-state index in [-0.39, 0.29) is 24.0 Å². The molecule has 1 saturated heterocycles. The summed E-state index contributed by atoms with van der Waals surface area (Å²) in [5.41, 5.74) is 1.84. The van der Waals surface area contributed by atoms with Crippen molar-refractivity contribution in [1.29, 1.82) is 0 Å². The van der Waals surface area contributed by atoms with Crippen molar-refractivity contribution in [3.05, 3.63) is 42.3 Å². The van der Waals surface area contributed by atoms with E-state index < -0.39 is 0 Å². The maximum absolute atomic E-state index is 5.55. The largest absolute Gasteiger partial charge is 0.444 e. The third kappa shape index (κ3) is 5.71. The summed E-state index contributed by atoms with van der Waals surface area (Å²) in [6.45, 7) is 3.85. The quantitative estimate of drug-likeness (QED) is 0.412. The van der Waals surface area contributed by atoms with Crippen molar-refractivity contribution in [1.82, 2.24) is 20.5 Å². The van der Waals surface area contributed by atoms with Crippen LogP contribution in [0.1, 0.15) is 12.1 Å². The Morgan fingerprint density at radius 3 is 2.80 bits per heavy atom. The van der Waals surface area contributed by atoms with Gasteiger partial charge in [-0.1, -0.05) is 18.2 Å². The lowest BCUT2D eigenvalue weighted by Gasteiger charge is -2.14. The van der Waals surface area contributed by atoms with Gasteiger partial charge in [0.05, 0.1) is 12.2 Å². The van der Waals surface area contributed by atoms with E-state index in [0.29, 0.717) is 18.4 Å². The van der Waals surface area contributed by atoms with Gasteiger partial charge in [-0.3, -0.25) is 4.99 Å². The highest BCUT2D eigenvalue weighted by Crippen LogP contribution is 2.17. The van der Waals surface area contributed by atoms with Crippen LogP contribution in [0.25, 0.3) is 11.5 Å². The molecule has 1 unspecified atom stereocenters. The number of oxazole rings is 1. The Balaban J connectivity index is 0.00000225. The predicted molar refractivity (Wildman–Crippen MR) is 111 cm³/mol. The molecule has 7 heteroatoms. The van der Waals surface area contributed by atoms with E-state index in [9.17, 15) is 0 Å². The summed E-state index contributed by atoms with van der Waals surface area (Å²) in [6, 6.07) is 9.91. The number of benzene rings is 1. The average molecular weight is 455 g/mol. The van der Waals surface area contributed by atoms with Gasteiger partial charge in [0.15, 0.2) is 5.96 Å². The monoisotopic (exact) mass is 455 g/mol. The summed E-state index contributed by atoms with van der Waals surface area (Å²) in [6.07, 6.45) is 2.93. The molecule has 0 aliphatic carbocycles. The molecule has 0 saturated carbocycles. The van der Waals surface area contributed by atoms with Gasteiger partial charge in [0.2, 0.25) is 5.89 Å². The van der Waals surface area contributed by atoms with E-state index in [1.54, 1.807) is 13.3 Å². The average Bonchev–Trinajstić information content (AvgIpc) is 3.25. The maximum atomic E-state index is 5.55. The first-order chi connectivity index (χ1) is 11.7. The molecule has 1 aliphatic rings. The van der Waals surface area contributed by atoms with Crippen molar-refractivity contribution in [2.45, 2.75) is 13.0 Å². The summed E-state index contributed by atoms with van der Waals surface area (Å²) in [5.74, 6) is 2.13. The third-order valence-corrected chi connectivity index (χ3v) is 4.28. The van der Waals surface area contributed by atoms with Crippen LogP contribution < -0.4 is 10.6 Å². The van der Waals surface area contributed by atoms with E-state index in [2.05, 4.69) is 32.6 Å². The molecule has 2 aromatic rings. The van der Waals surface area contributed by atoms with Crippen molar-refractivity contribution in [2.75, 3.05) is 33.7 Å². The molecule has 2 heterocycles. The number of hydrogen-bond donors (Lipinski definition) is 2. The number of aromatic nitrogens is 1. The van der Waals surface area contributed by atoms with Gasteiger partial charge in [0, 0.05) is 25.7 Å². The second-order valence-corrected chi connectivity index (χ2v) is 6.23. The molecule has 2 N–H and O–H groups in total. The van der Waals surface area contributed by atoms with E-state index >= 15 is 0 Å². The minimum atomic E-state index is 0. The second kappa shape index (κ2) is 9.76. The molecule has 0 amide bonds. The molecule has 1 aromatic carbocycles. The number of rotatable bonds is 5. The van der Waals surface area contributed by atoms with Crippen LogP contribution in [0.15, 0.2) is 46.0 Å². The first-order valence-electron chi connectivity index (χ1n) is 8.37. The SMILES string of the molecule is CN=C(NCc1coc(-c2ccccc2)n1)NCC1CCN(C)C1.I. The topological polar surface area (TPSA) is 65.7 Å². The standard InChI is InChI=1S/C18H25N5O.HI/c1-19-18(20-10-14-8-9-23(2)12-14)21-11-16-13-24-17(22-16)15-6-4-3-5-7-15;/h3-7,13-14H,8-12H2,1-2H3,(H2,19,20,21);1H. The van der Waals surface area contributed by atoms with Gasteiger partial charge >= 0.3 is 0 Å². The van der Waals surface area contributed by atoms with Crippen molar-refractivity contribution in [2.24, 2.45) is 10.9 Å². The number of nitrogens with one attached hydrogen (secondary N) is 2. The van der Waals surface area contributed by atoms with Crippen LogP contribution in [0.3, 0.4) is 0 Å². The Kier molecular flexibility index (Phi) is 7.70. The zero-order valence-corrected chi connectivity index (χ0v) is 17.1. The van der Waals surface area contributed by atoms with E-state index in [4.69, 9.17) is 4.42 Å². The van der Waals surface area contributed by atoms with Crippen LogP contribution in [0.2, 0.25) is 0 Å². The molecule has 0 spiro atoms. The van der Waals surface area contributed by atoms with Gasteiger partial charge in [-0.2, -0.15) is 0 Å². The number of guanidine groups is 1. The molecule has 3 rings (SSSR count). The van der Waals surface area contributed by atoms with Gasteiger partial charge in [0.25, 0.3) is 0 Å². The fourth-order valence-corrected chi connectivity index (χ4v) is 2.93. The van der Waals surface area contributed by atoms with Crippen LogP contribution in [0.4, 0.5) is 0 Å². The molecule has 1 fully saturated rings. The predicted octanol–water partition coefficient (Wildman–Crippen LogP) is 2.58. The Bertz CT molecular complexity index is 673. The lowest BCUT2D eigenvalue weighted by molar-refractivity contribution is 0.394. The molecular weight excluding hydrogens is 429 g/mol. The molecule has 1 aliphatic heterocycles. The van der Waals surface area contributed by atoms with Crippen LogP contribution in [-0.4, -0.2) is 49.6 Å². The Hall–Kier alpha value is -1.61. The first-order valence-corrected chi connectivity index (χ1v) is 8.37. The van der Waals surface area contributed by atoms with E-state index in [0.717, 1.165) is 30.3 Å². The van der Waals surface area contributed by atoms with Crippen molar-refractivity contribution >= 4 is 29.9 Å². The lowest BCUT2D eigenvalue weighted by atomic mass is 10.1. The van der Waals surface area contributed by atoms with Gasteiger partial charge in [-0.15, -0.1) is 24.0 Å². The summed E-state index contributed by atoms with van der Waals surface area (Å²) < 4.78 is 5.55. The molecule has 1 aromatic heterocycles. The highest BCUT2D eigenvalue weighted by molar-refractivity contribution is 14.0. The zero-order valence-electron chi connectivity index (χ0n) is 14.7. The Labute approximate surface area is 166 Å². The number of likely N-dealkylation sites (tertiary alicyclic amines) is 1. The highest BCUT2D eigenvalue weighted by atomic mass is 127. The molecule has 0 radical (unpaired) electrons. The van der Waals surface area contributed by atoms with Crippen LogP contribution in [0.5, 0.6) is 0 Å². The maximum Gasteiger partial charge on any atom is 0.226 e. The van der Waals surface area contributed by atoms with Crippen LogP contribution in [0, 0.1) is 5.92 Å². The first kappa shape index (κ1) is 19.7. The molecule has 0 bridgehead atoms. The molecule has 136 valence electrons. The Morgan fingerprint density at radius 1 is 1.32 bits per heavy atom. The Morgan fingerprint density at radius 2 is 2.12 bits per heavy atom. The van der Waals surface area contributed by atoms with Crippen LogP contribution >= 0.6 is 24.0 Å². The zero-order chi connectivity index (χ0) is 16.8. The number of halogens is 1. The van der Waals surface area contributed by atoms with Gasteiger partial charge in [-0.25, -0.2) is 4.98 Å². The second-order valence-electron chi connectivity index (χ2n) is 6.23. The summed E-state index contributed by atoms with van der Waals surface area (Å²) in [5, 5.41) is 6.68. The van der Waals surface area contributed by atoms with Gasteiger partial charge < -0.3 is 20.0 Å². The van der Waals surface area contributed by atoms with Gasteiger partial charge in [-0.05, 0) is 38.1 Å². The highest BCUT2D eigenvalue weighted by Gasteiger charge is 2.19. The van der Waals surface area contributed by atoms with Crippen LogP contribution in [-0.2, 0) is 6.54 Å². The molecular formula is C18H26IN5O. The van der Waals surface area contributed by atoms with Gasteiger partial charge in [0.1, 0.15) is 6.26 Å². The smallest absolute Gasteiger partial charge is 0.226 e. The van der Waals surface area contributed by atoms with Crippen molar-refractivity contribution in [3.63, 3.8) is 0 Å². The fraction of sp³-hybridized carbons (Fsp3) is 0.444. The van der Waals surface area contributed by atoms with E-state index in [1.807, 2.05) is 30.3 Å². The van der Waals surface area contributed by atoms with Crippen molar-refractivity contribution in [3.8, 4) is 11.5 Å². The minimum absolute atomic E-state index is 0. The molecule has 25 heavy (non-hydrogen) atoms. The van der Waals surface area contributed by atoms with E-state index in [1.165, 1.54) is 13.0 Å². The third-order valence-electron chi connectivity index (χ3n) is 4.28. The lowest BCUT2D eigenvalue weighted by Crippen LogP contribution is -2.39. The summed E-state index contributed by atoms with van der Waals surface area (Å²) in [7, 11) is 3.95. The number of aliphatic imine (C=N–C) groups is 1. The molecule has 6 nitrogen and oxygen atoms in total. The fourth-order valence-electron chi connectivity index (χ4n) is 2.93. The molecule has 1 atom stereocenters. The number of hydrogen-bond acceptors (Lipinski definition) is 4. The summed E-state index contributed by atoms with van der Waals surface area (Å²) >= 11 is 0. The summed E-state index contributed by atoms with van der Waals surface area (Å²) in [4.78, 5) is 11.2. The van der Waals surface area contributed by atoms with Crippen molar-refractivity contribution < 1.29 is 4.42 Å².